The lowest BCUT2D eigenvalue weighted by atomic mass is 10.2. The van der Waals surface area contributed by atoms with Gasteiger partial charge in [-0.25, -0.2) is 9.37 Å². The summed E-state index contributed by atoms with van der Waals surface area (Å²) in [6.07, 6.45) is 2.87. The molecule has 0 saturated carbocycles. The highest BCUT2D eigenvalue weighted by molar-refractivity contribution is 7.16. The molecule has 6 nitrogen and oxygen atoms in total. The number of furan rings is 1. The summed E-state index contributed by atoms with van der Waals surface area (Å²) >= 11 is 1.13. The summed E-state index contributed by atoms with van der Waals surface area (Å²) in [4.78, 5) is 28.9. The smallest absolute Gasteiger partial charge is 0.291 e. The van der Waals surface area contributed by atoms with E-state index in [4.69, 9.17) is 4.42 Å². The molecule has 4 rings (SSSR count). The van der Waals surface area contributed by atoms with Crippen LogP contribution in [0.1, 0.15) is 25.8 Å². The third kappa shape index (κ3) is 4.44. The maximum Gasteiger partial charge on any atom is 0.291 e. The van der Waals surface area contributed by atoms with E-state index < -0.39 is 0 Å². The maximum absolute atomic E-state index is 13.9. The van der Waals surface area contributed by atoms with Crippen molar-refractivity contribution < 1.29 is 18.4 Å². The molecule has 0 aliphatic heterocycles. The fraction of sp³-hybridized carbons (Fsp3) is 0.0455. The molecule has 150 valence electrons. The molecule has 0 unspecified atom stereocenters. The third-order valence-corrected chi connectivity index (χ3v) is 5.27. The van der Waals surface area contributed by atoms with Crippen LogP contribution in [0.4, 0.5) is 10.1 Å². The average molecular weight is 421 g/mol. The van der Waals surface area contributed by atoms with E-state index in [-0.39, 0.29) is 23.4 Å². The van der Waals surface area contributed by atoms with E-state index in [1.54, 1.807) is 54.6 Å². The van der Waals surface area contributed by atoms with Gasteiger partial charge in [0.15, 0.2) is 5.76 Å². The summed E-state index contributed by atoms with van der Waals surface area (Å²) in [5, 5.41) is 5.99. The second kappa shape index (κ2) is 8.71. The van der Waals surface area contributed by atoms with Crippen molar-refractivity contribution in [1.29, 1.82) is 0 Å². The number of aromatic nitrogens is 1. The van der Waals surface area contributed by atoms with Crippen molar-refractivity contribution in [1.82, 2.24) is 10.3 Å². The van der Waals surface area contributed by atoms with Crippen molar-refractivity contribution in [3.8, 4) is 10.6 Å². The van der Waals surface area contributed by atoms with Crippen LogP contribution in [0.5, 0.6) is 0 Å². The first-order valence-corrected chi connectivity index (χ1v) is 9.84. The van der Waals surface area contributed by atoms with E-state index in [0.717, 1.165) is 16.9 Å². The van der Waals surface area contributed by atoms with Crippen molar-refractivity contribution in [3.63, 3.8) is 0 Å². The fourth-order valence-electron chi connectivity index (χ4n) is 2.71. The molecule has 0 radical (unpaired) electrons. The molecule has 2 N–H and O–H groups in total. The van der Waals surface area contributed by atoms with Gasteiger partial charge >= 0.3 is 0 Å². The molecule has 0 saturated heterocycles. The fourth-order valence-corrected chi connectivity index (χ4v) is 3.57. The zero-order valence-corrected chi connectivity index (χ0v) is 16.4. The van der Waals surface area contributed by atoms with Gasteiger partial charge in [-0.05, 0) is 42.0 Å². The molecule has 0 bridgehead atoms. The lowest BCUT2D eigenvalue weighted by Crippen LogP contribution is -2.21. The standard InChI is InChI=1S/C22H16FN3O3S/c23-17-5-2-1-4-16(17)22-25-13-19(30-22)21(28)24-12-14-7-9-15(10-8-14)26-20(27)18-6-3-11-29-18/h1-11,13H,12H2,(H,24,28)(H,26,27). The van der Waals surface area contributed by atoms with Gasteiger partial charge in [0.1, 0.15) is 15.7 Å². The van der Waals surface area contributed by atoms with Crippen LogP contribution in [-0.4, -0.2) is 16.8 Å². The van der Waals surface area contributed by atoms with E-state index in [2.05, 4.69) is 15.6 Å². The van der Waals surface area contributed by atoms with Gasteiger partial charge in [0.2, 0.25) is 0 Å². The number of benzene rings is 2. The Labute approximate surface area is 175 Å². The van der Waals surface area contributed by atoms with Crippen LogP contribution in [0, 0.1) is 5.82 Å². The summed E-state index contributed by atoms with van der Waals surface area (Å²) in [5.74, 6) is -0.772. The van der Waals surface area contributed by atoms with Gasteiger partial charge in [0.25, 0.3) is 11.8 Å². The Morgan fingerprint density at radius 1 is 1.00 bits per heavy atom. The van der Waals surface area contributed by atoms with Gasteiger partial charge in [-0.15, -0.1) is 11.3 Å². The normalized spacial score (nSPS) is 10.6. The molecule has 2 heterocycles. The van der Waals surface area contributed by atoms with Crippen LogP contribution in [0.3, 0.4) is 0 Å². The molecule has 2 amide bonds. The van der Waals surface area contributed by atoms with Crippen LogP contribution in [-0.2, 0) is 6.54 Å². The molecule has 0 aliphatic rings. The Kier molecular flexibility index (Phi) is 5.67. The minimum absolute atomic E-state index is 0.227. The number of hydrogen-bond acceptors (Lipinski definition) is 5. The van der Waals surface area contributed by atoms with E-state index in [1.807, 2.05) is 0 Å². The number of nitrogens with zero attached hydrogens (tertiary/aromatic N) is 1. The SMILES string of the molecule is O=C(Nc1ccc(CNC(=O)c2cnc(-c3ccccc3F)s2)cc1)c1ccco1. The number of nitrogens with one attached hydrogen (secondary N) is 2. The van der Waals surface area contributed by atoms with Crippen molar-refractivity contribution in [2.75, 3.05) is 5.32 Å². The summed E-state index contributed by atoms with van der Waals surface area (Å²) in [6.45, 7) is 0.304. The molecular weight excluding hydrogens is 405 g/mol. The van der Waals surface area contributed by atoms with Gasteiger partial charge in [-0.3, -0.25) is 9.59 Å². The molecule has 0 aliphatic carbocycles. The molecule has 0 atom stereocenters. The molecule has 2 aromatic carbocycles. The highest BCUT2D eigenvalue weighted by atomic mass is 32.1. The number of hydrogen-bond donors (Lipinski definition) is 2. The number of rotatable bonds is 6. The van der Waals surface area contributed by atoms with Crippen molar-refractivity contribution in [2.24, 2.45) is 0 Å². The average Bonchev–Trinajstić information content (AvgIpc) is 3.46. The maximum atomic E-state index is 13.9. The molecule has 30 heavy (non-hydrogen) atoms. The molecule has 0 spiro atoms. The number of amides is 2. The largest absolute Gasteiger partial charge is 0.459 e. The Hall–Kier alpha value is -3.78. The quantitative estimate of drug-likeness (QED) is 0.472. The van der Waals surface area contributed by atoms with Gasteiger partial charge in [0.05, 0.1) is 12.5 Å². The van der Waals surface area contributed by atoms with E-state index in [9.17, 15) is 14.0 Å². The van der Waals surface area contributed by atoms with Gasteiger partial charge < -0.3 is 15.1 Å². The Bertz CT molecular complexity index is 1170. The number of thiazole rings is 1. The van der Waals surface area contributed by atoms with E-state index >= 15 is 0 Å². The molecule has 0 fully saturated rings. The van der Waals surface area contributed by atoms with Gasteiger partial charge in [-0.1, -0.05) is 24.3 Å². The van der Waals surface area contributed by atoms with Crippen LogP contribution in [0.15, 0.2) is 77.5 Å². The molecular formula is C22H16FN3O3S. The first-order valence-electron chi connectivity index (χ1n) is 9.03. The van der Waals surface area contributed by atoms with E-state index in [1.165, 1.54) is 18.5 Å². The molecule has 2 aromatic heterocycles. The van der Waals surface area contributed by atoms with Crippen molar-refractivity contribution in [2.45, 2.75) is 6.54 Å². The molecule has 8 heteroatoms. The van der Waals surface area contributed by atoms with Crippen molar-refractivity contribution >= 4 is 28.8 Å². The highest BCUT2D eigenvalue weighted by Gasteiger charge is 2.14. The monoisotopic (exact) mass is 421 g/mol. The highest BCUT2D eigenvalue weighted by Crippen LogP contribution is 2.27. The number of carbonyl (C=O) groups is 2. The number of halogens is 1. The zero-order valence-electron chi connectivity index (χ0n) is 15.6. The third-order valence-electron chi connectivity index (χ3n) is 4.24. The topological polar surface area (TPSA) is 84.2 Å². The van der Waals surface area contributed by atoms with Crippen LogP contribution in [0.2, 0.25) is 0 Å². The van der Waals surface area contributed by atoms with Crippen LogP contribution < -0.4 is 10.6 Å². The summed E-state index contributed by atoms with van der Waals surface area (Å²) in [6, 6.07) is 16.6. The van der Waals surface area contributed by atoms with Crippen LogP contribution in [0.25, 0.3) is 10.6 Å². The van der Waals surface area contributed by atoms with Gasteiger partial charge in [-0.2, -0.15) is 0 Å². The van der Waals surface area contributed by atoms with Gasteiger partial charge in [0, 0.05) is 17.8 Å². The Morgan fingerprint density at radius 3 is 2.53 bits per heavy atom. The first kappa shape index (κ1) is 19.5. The second-order valence-corrected chi connectivity index (χ2v) is 7.35. The Balaban J connectivity index is 1.34. The second-order valence-electron chi connectivity index (χ2n) is 6.32. The summed E-state index contributed by atoms with van der Waals surface area (Å²) in [5.41, 5.74) is 1.84. The first-order chi connectivity index (χ1) is 14.6. The minimum atomic E-state index is -0.377. The van der Waals surface area contributed by atoms with E-state index in [0.29, 0.717) is 27.7 Å². The predicted molar refractivity (Wildman–Crippen MR) is 112 cm³/mol. The van der Waals surface area contributed by atoms with Crippen molar-refractivity contribution in [3.05, 3.63) is 95.1 Å². The lowest BCUT2D eigenvalue weighted by Gasteiger charge is -2.06. The zero-order chi connectivity index (χ0) is 20.9. The predicted octanol–water partition coefficient (Wildman–Crippen LogP) is 4.72. The minimum Gasteiger partial charge on any atom is -0.459 e. The summed E-state index contributed by atoms with van der Waals surface area (Å²) in [7, 11) is 0. The lowest BCUT2D eigenvalue weighted by molar-refractivity contribution is 0.0953. The number of carbonyl (C=O) groups excluding carboxylic acids is 2. The Morgan fingerprint density at radius 2 is 1.80 bits per heavy atom. The number of anilines is 1. The summed E-state index contributed by atoms with van der Waals surface area (Å²) < 4.78 is 18.9. The molecule has 4 aromatic rings. The van der Waals surface area contributed by atoms with Crippen LogP contribution >= 0.6 is 11.3 Å².